The van der Waals surface area contributed by atoms with Crippen molar-refractivity contribution in [1.29, 1.82) is 0 Å². The lowest BCUT2D eigenvalue weighted by Gasteiger charge is -2.24. The van der Waals surface area contributed by atoms with Crippen LogP contribution in [0.2, 0.25) is 10.0 Å². The Kier molecular flexibility index (Phi) is 5.44. The number of hydrogen-bond donors (Lipinski definition) is 1. The van der Waals surface area contributed by atoms with Gasteiger partial charge in [-0.25, -0.2) is 0 Å². The second-order valence-electron chi connectivity index (χ2n) is 4.37. The molecule has 0 heterocycles. The fraction of sp³-hybridized carbons (Fsp3) is 0.250. The average molecular weight is 311 g/mol. The maximum atomic E-state index is 10.6. The molecule has 0 saturated carbocycles. The van der Waals surface area contributed by atoms with Gasteiger partial charge in [-0.3, -0.25) is 0 Å². The van der Waals surface area contributed by atoms with E-state index in [1.165, 1.54) is 0 Å². The van der Waals surface area contributed by atoms with Crippen LogP contribution in [0.3, 0.4) is 0 Å². The topological polar surface area (TPSA) is 29.5 Å². The first-order chi connectivity index (χ1) is 9.65. The minimum absolute atomic E-state index is 0.363. The number of hydrogen-bond acceptors (Lipinski definition) is 2. The van der Waals surface area contributed by atoms with Crippen LogP contribution in [-0.4, -0.2) is 11.7 Å². The first-order valence-electron chi connectivity index (χ1n) is 6.43. The molecule has 4 heteroatoms. The van der Waals surface area contributed by atoms with Gasteiger partial charge in [0.2, 0.25) is 0 Å². The number of aliphatic hydroxyl groups excluding tert-OH is 1. The van der Waals surface area contributed by atoms with Gasteiger partial charge in [-0.1, -0.05) is 65.7 Å². The highest BCUT2D eigenvalue weighted by Crippen LogP contribution is 2.37. The van der Waals surface area contributed by atoms with Crippen LogP contribution in [0.5, 0.6) is 0 Å². The molecule has 2 rings (SSSR count). The van der Waals surface area contributed by atoms with Crippen molar-refractivity contribution in [3.63, 3.8) is 0 Å². The number of ether oxygens (including phenoxy) is 1. The van der Waals surface area contributed by atoms with E-state index in [0.29, 0.717) is 22.2 Å². The van der Waals surface area contributed by atoms with Crippen LogP contribution in [0.25, 0.3) is 0 Å². The van der Waals surface area contributed by atoms with E-state index in [0.717, 1.165) is 5.56 Å². The smallest absolute Gasteiger partial charge is 0.113 e. The lowest BCUT2D eigenvalue weighted by atomic mass is 9.98. The summed E-state index contributed by atoms with van der Waals surface area (Å²) in [5.74, 6) is 0. The minimum Gasteiger partial charge on any atom is -0.385 e. The molecule has 0 radical (unpaired) electrons. The summed E-state index contributed by atoms with van der Waals surface area (Å²) < 4.78 is 5.69. The van der Waals surface area contributed by atoms with Crippen molar-refractivity contribution in [2.24, 2.45) is 0 Å². The van der Waals surface area contributed by atoms with Gasteiger partial charge in [0.05, 0.1) is 10.0 Å². The van der Waals surface area contributed by atoms with Crippen molar-refractivity contribution in [3.05, 3.63) is 69.7 Å². The third-order valence-electron chi connectivity index (χ3n) is 3.06. The van der Waals surface area contributed by atoms with Crippen LogP contribution in [0, 0.1) is 0 Å². The Morgan fingerprint density at radius 2 is 1.75 bits per heavy atom. The van der Waals surface area contributed by atoms with Crippen LogP contribution < -0.4 is 0 Å². The fourth-order valence-corrected chi connectivity index (χ4v) is 2.52. The van der Waals surface area contributed by atoms with Gasteiger partial charge in [0, 0.05) is 12.2 Å². The summed E-state index contributed by atoms with van der Waals surface area (Å²) in [5.41, 5.74) is 1.47. The number of rotatable bonds is 5. The summed E-state index contributed by atoms with van der Waals surface area (Å²) in [6.45, 7) is 2.39. The van der Waals surface area contributed by atoms with Gasteiger partial charge >= 0.3 is 0 Å². The van der Waals surface area contributed by atoms with Crippen LogP contribution in [0.15, 0.2) is 48.5 Å². The Morgan fingerprint density at radius 3 is 2.40 bits per heavy atom. The van der Waals surface area contributed by atoms with E-state index >= 15 is 0 Å². The zero-order chi connectivity index (χ0) is 14.5. The first-order valence-corrected chi connectivity index (χ1v) is 7.19. The molecule has 0 amide bonds. The van der Waals surface area contributed by atoms with Gasteiger partial charge < -0.3 is 9.84 Å². The van der Waals surface area contributed by atoms with Gasteiger partial charge in [0.25, 0.3) is 0 Å². The third kappa shape index (κ3) is 3.33. The molecule has 2 aromatic carbocycles. The molecule has 0 aliphatic heterocycles. The standard InChI is InChI=1S/C16H16Cl2O2/c1-2-20-16(11-7-4-3-5-8-11)15(19)12-9-6-10-13(17)14(12)18/h3-10,15-16,19H,2H2,1H3. The van der Waals surface area contributed by atoms with Crippen molar-refractivity contribution in [3.8, 4) is 0 Å². The van der Waals surface area contributed by atoms with Crippen LogP contribution in [-0.2, 0) is 4.74 Å². The second-order valence-corrected chi connectivity index (χ2v) is 5.16. The lowest BCUT2D eigenvalue weighted by molar-refractivity contribution is -0.0361. The highest BCUT2D eigenvalue weighted by atomic mass is 35.5. The molecular weight excluding hydrogens is 295 g/mol. The Hall–Kier alpha value is -1.06. The van der Waals surface area contributed by atoms with Crippen molar-refractivity contribution < 1.29 is 9.84 Å². The van der Waals surface area contributed by atoms with E-state index in [1.54, 1.807) is 18.2 Å². The molecule has 2 aromatic rings. The van der Waals surface area contributed by atoms with Gasteiger partial charge in [0.1, 0.15) is 12.2 Å². The van der Waals surface area contributed by atoms with Crippen LogP contribution >= 0.6 is 23.2 Å². The highest BCUT2D eigenvalue weighted by molar-refractivity contribution is 6.42. The quantitative estimate of drug-likeness (QED) is 0.859. The second kappa shape index (κ2) is 7.09. The Morgan fingerprint density at radius 1 is 1.05 bits per heavy atom. The number of aliphatic hydroxyl groups is 1. The van der Waals surface area contributed by atoms with Crippen molar-refractivity contribution >= 4 is 23.2 Å². The predicted molar refractivity (Wildman–Crippen MR) is 82.2 cm³/mol. The minimum atomic E-state index is -0.872. The van der Waals surface area contributed by atoms with E-state index in [1.807, 2.05) is 37.3 Å². The van der Waals surface area contributed by atoms with E-state index in [-0.39, 0.29) is 0 Å². The molecule has 0 aliphatic rings. The SMILES string of the molecule is CCOC(c1ccccc1)C(O)c1cccc(Cl)c1Cl. The molecule has 0 aromatic heterocycles. The van der Waals surface area contributed by atoms with Crippen LogP contribution in [0.4, 0.5) is 0 Å². The molecule has 2 atom stereocenters. The van der Waals surface area contributed by atoms with E-state index < -0.39 is 12.2 Å². The summed E-state index contributed by atoms with van der Waals surface area (Å²) >= 11 is 12.2. The summed E-state index contributed by atoms with van der Waals surface area (Å²) in [5, 5.41) is 11.4. The molecule has 2 unspecified atom stereocenters. The molecule has 0 aliphatic carbocycles. The van der Waals surface area contributed by atoms with Crippen molar-refractivity contribution in [1.82, 2.24) is 0 Å². The molecule has 106 valence electrons. The summed E-state index contributed by atoms with van der Waals surface area (Å²) in [6.07, 6.45) is -1.35. The maximum Gasteiger partial charge on any atom is 0.113 e. The van der Waals surface area contributed by atoms with E-state index in [9.17, 15) is 5.11 Å². The highest BCUT2D eigenvalue weighted by Gasteiger charge is 2.25. The van der Waals surface area contributed by atoms with Gasteiger partial charge in [-0.2, -0.15) is 0 Å². The average Bonchev–Trinajstić information content (AvgIpc) is 2.48. The lowest BCUT2D eigenvalue weighted by Crippen LogP contribution is -2.15. The molecular formula is C16H16Cl2O2. The Bertz CT molecular complexity index is 558. The number of halogens is 2. The van der Waals surface area contributed by atoms with Crippen molar-refractivity contribution in [2.45, 2.75) is 19.1 Å². The molecule has 1 N–H and O–H groups in total. The summed E-state index contributed by atoms with van der Waals surface area (Å²) in [4.78, 5) is 0. The van der Waals surface area contributed by atoms with Gasteiger partial charge in [0.15, 0.2) is 0 Å². The molecule has 2 nitrogen and oxygen atoms in total. The molecule has 20 heavy (non-hydrogen) atoms. The predicted octanol–water partition coefficient (Wildman–Crippen LogP) is 4.80. The zero-order valence-corrected chi connectivity index (χ0v) is 12.6. The van der Waals surface area contributed by atoms with Gasteiger partial charge in [-0.05, 0) is 18.6 Å². The Labute approximate surface area is 128 Å². The summed E-state index contributed by atoms with van der Waals surface area (Å²) in [6, 6.07) is 14.8. The molecule has 0 bridgehead atoms. The molecule has 0 spiro atoms. The molecule has 0 saturated heterocycles. The summed E-state index contributed by atoms with van der Waals surface area (Å²) in [7, 11) is 0. The largest absolute Gasteiger partial charge is 0.385 e. The van der Waals surface area contributed by atoms with Crippen molar-refractivity contribution in [2.75, 3.05) is 6.61 Å². The van der Waals surface area contributed by atoms with Crippen LogP contribution in [0.1, 0.15) is 30.3 Å². The number of benzene rings is 2. The normalized spacial score (nSPS) is 14.0. The van der Waals surface area contributed by atoms with E-state index in [4.69, 9.17) is 27.9 Å². The monoisotopic (exact) mass is 310 g/mol. The maximum absolute atomic E-state index is 10.6. The van der Waals surface area contributed by atoms with E-state index in [2.05, 4.69) is 0 Å². The Balaban J connectivity index is 2.36. The molecule has 0 fully saturated rings. The fourth-order valence-electron chi connectivity index (χ4n) is 2.10. The third-order valence-corrected chi connectivity index (χ3v) is 3.89. The zero-order valence-electron chi connectivity index (χ0n) is 11.1. The first kappa shape index (κ1) is 15.3. The van der Waals surface area contributed by atoms with Gasteiger partial charge in [-0.15, -0.1) is 0 Å².